The molecule has 2 nitrogen and oxygen atoms in total. The van der Waals surface area contributed by atoms with Crippen molar-refractivity contribution >= 4 is 0 Å². The second-order valence-corrected chi connectivity index (χ2v) is 5.65. The minimum Gasteiger partial charge on any atom is -0.353 e. The van der Waals surface area contributed by atoms with E-state index in [1.54, 1.807) is 14.2 Å². The minimum atomic E-state index is -0.334. The van der Waals surface area contributed by atoms with E-state index in [1.807, 2.05) is 0 Å². The van der Waals surface area contributed by atoms with Gasteiger partial charge in [0.25, 0.3) is 0 Å². The van der Waals surface area contributed by atoms with E-state index >= 15 is 0 Å². The lowest BCUT2D eigenvalue weighted by Gasteiger charge is -2.46. The maximum atomic E-state index is 5.70. The molecule has 2 rings (SSSR count). The Morgan fingerprint density at radius 2 is 1.64 bits per heavy atom. The second kappa shape index (κ2) is 2.73. The molecule has 0 N–H and O–H groups in total. The zero-order chi connectivity index (χ0) is 10.6. The van der Waals surface area contributed by atoms with Gasteiger partial charge in [0.2, 0.25) is 0 Å². The van der Waals surface area contributed by atoms with Crippen LogP contribution in [0.15, 0.2) is 0 Å². The molecular weight excluding hydrogens is 176 g/mol. The zero-order valence-electron chi connectivity index (χ0n) is 10.0. The molecule has 0 aromatic heterocycles. The summed E-state index contributed by atoms with van der Waals surface area (Å²) in [7, 11) is 3.57. The van der Waals surface area contributed by atoms with Crippen LogP contribution < -0.4 is 0 Å². The number of ether oxygens (including phenoxy) is 2. The van der Waals surface area contributed by atoms with Crippen molar-refractivity contribution in [1.29, 1.82) is 0 Å². The number of fused-ring (bicyclic) bond motifs is 2. The highest BCUT2D eigenvalue weighted by atomic mass is 16.7. The summed E-state index contributed by atoms with van der Waals surface area (Å²) in [5, 5.41) is 0. The zero-order valence-corrected chi connectivity index (χ0v) is 10.0. The first-order valence-corrected chi connectivity index (χ1v) is 5.54. The summed E-state index contributed by atoms with van der Waals surface area (Å²) in [4.78, 5) is 0. The van der Waals surface area contributed by atoms with Crippen molar-refractivity contribution in [3.05, 3.63) is 0 Å². The Morgan fingerprint density at radius 1 is 1.07 bits per heavy atom. The van der Waals surface area contributed by atoms with Crippen molar-refractivity contribution in [3.63, 3.8) is 0 Å². The van der Waals surface area contributed by atoms with Crippen LogP contribution in [0.2, 0.25) is 0 Å². The second-order valence-electron chi connectivity index (χ2n) is 5.65. The van der Waals surface area contributed by atoms with Gasteiger partial charge in [0, 0.05) is 26.1 Å². The Bertz CT molecular complexity index is 243. The van der Waals surface area contributed by atoms with Crippen LogP contribution in [0, 0.1) is 16.7 Å². The predicted octanol–water partition coefficient (Wildman–Crippen LogP) is 2.82. The molecule has 0 heterocycles. The van der Waals surface area contributed by atoms with E-state index in [4.69, 9.17) is 9.47 Å². The number of rotatable bonds is 2. The number of hydrogen-bond donors (Lipinski definition) is 0. The van der Waals surface area contributed by atoms with Crippen LogP contribution in [0.1, 0.15) is 40.0 Å². The van der Waals surface area contributed by atoms with Gasteiger partial charge in [-0.3, -0.25) is 0 Å². The molecule has 2 atom stereocenters. The molecule has 2 aliphatic rings. The molecule has 0 spiro atoms. The van der Waals surface area contributed by atoms with E-state index in [-0.39, 0.29) is 11.2 Å². The molecular formula is C12H22O2. The predicted molar refractivity (Wildman–Crippen MR) is 56.0 cm³/mol. The molecule has 2 bridgehead atoms. The van der Waals surface area contributed by atoms with Crippen LogP contribution in [0.5, 0.6) is 0 Å². The average Bonchev–Trinajstić information content (AvgIpc) is 2.48. The summed E-state index contributed by atoms with van der Waals surface area (Å²) in [5.41, 5.74) is 0.521. The third kappa shape index (κ3) is 0.849. The molecule has 14 heavy (non-hydrogen) atoms. The maximum absolute atomic E-state index is 5.70. The molecule has 0 radical (unpaired) electrons. The lowest BCUT2D eigenvalue weighted by atomic mass is 9.68. The van der Waals surface area contributed by atoms with Crippen LogP contribution in [0.25, 0.3) is 0 Å². The Morgan fingerprint density at radius 3 is 1.86 bits per heavy atom. The minimum absolute atomic E-state index is 0.175. The molecule has 0 amide bonds. The fourth-order valence-corrected chi connectivity index (χ4v) is 3.89. The molecule has 2 heteroatoms. The van der Waals surface area contributed by atoms with Crippen LogP contribution in [-0.2, 0) is 9.47 Å². The molecule has 2 aliphatic carbocycles. The molecule has 82 valence electrons. The van der Waals surface area contributed by atoms with Gasteiger partial charge in [-0.05, 0) is 24.2 Å². The van der Waals surface area contributed by atoms with E-state index in [2.05, 4.69) is 20.8 Å². The van der Waals surface area contributed by atoms with Crippen molar-refractivity contribution in [2.45, 2.75) is 45.8 Å². The van der Waals surface area contributed by atoms with Crippen LogP contribution in [0.4, 0.5) is 0 Å². The van der Waals surface area contributed by atoms with E-state index < -0.39 is 0 Å². The van der Waals surface area contributed by atoms with Crippen molar-refractivity contribution in [1.82, 2.24) is 0 Å². The van der Waals surface area contributed by atoms with Gasteiger partial charge in [-0.15, -0.1) is 0 Å². The Hall–Kier alpha value is -0.0800. The van der Waals surface area contributed by atoms with Crippen LogP contribution >= 0.6 is 0 Å². The summed E-state index contributed by atoms with van der Waals surface area (Å²) < 4.78 is 11.4. The molecule has 2 saturated carbocycles. The third-order valence-corrected chi connectivity index (χ3v) is 5.45. The topological polar surface area (TPSA) is 18.5 Å². The quantitative estimate of drug-likeness (QED) is 0.635. The fourth-order valence-electron chi connectivity index (χ4n) is 3.89. The highest BCUT2D eigenvalue weighted by Gasteiger charge is 2.70. The van der Waals surface area contributed by atoms with Gasteiger partial charge in [-0.25, -0.2) is 0 Å². The van der Waals surface area contributed by atoms with Crippen molar-refractivity contribution < 1.29 is 9.47 Å². The summed E-state index contributed by atoms with van der Waals surface area (Å²) in [6, 6.07) is 0. The van der Waals surface area contributed by atoms with Crippen molar-refractivity contribution in [3.8, 4) is 0 Å². The van der Waals surface area contributed by atoms with Gasteiger partial charge >= 0.3 is 0 Å². The highest BCUT2D eigenvalue weighted by Crippen LogP contribution is 2.70. The van der Waals surface area contributed by atoms with Gasteiger partial charge in [-0.2, -0.15) is 0 Å². The monoisotopic (exact) mass is 198 g/mol. The summed E-state index contributed by atoms with van der Waals surface area (Å²) in [6.07, 6.45) is 3.62. The third-order valence-electron chi connectivity index (χ3n) is 5.45. The normalized spacial score (nSPS) is 43.1. The highest BCUT2D eigenvalue weighted by molar-refractivity contribution is 5.15. The first-order chi connectivity index (χ1) is 6.43. The molecule has 2 fully saturated rings. The summed E-state index contributed by atoms with van der Waals surface area (Å²) >= 11 is 0. The van der Waals surface area contributed by atoms with Crippen molar-refractivity contribution in [2.75, 3.05) is 14.2 Å². The van der Waals surface area contributed by atoms with E-state index in [0.29, 0.717) is 5.41 Å². The standard InChI is InChI=1S/C12H22O2/c1-10(2)9-6-7-11(10,3)12(8-9,13-4)14-5/h9H,6-8H2,1-5H3. The Labute approximate surface area is 87.0 Å². The first kappa shape index (κ1) is 10.4. The van der Waals surface area contributed by atoms with E-state index in [0.717, 1.165) is 12.3 Å². The molecule has 0 saturated heterocycles. The fraction of sp³-hybridized carbons (Fsp3) is 1.00. The molecule has 0 aliphatic heterocycles. The number of hydrogen-bond acceptors (Lipinski definition) is 2. The SMILES string of the molecule is COC1(OC)CC2CCC1(C)C2(C)C. The smallest absolute Gasteiger partial charge is 0.173 e. The van der Waals surface area contributed by atoms with Gasteiger partial charge in [0.05, 0.1) is 0 Å². The van der Waals surface area contributed by atoms with E-state index in [1.165, 1.54) is 12.8 Å². The largest absolute Gasteiger partial charge is 0.353 e. The van der Waals surface area contributed by atoms with Gasteiger partial charge < -0.3 is 9.47 Å². The Balaban J connectivity index is 2.44. The van der Waals surface area contributed by atoms with Gasteiger partial charge in [-0.1, -0.05) is 20.8 Å². The molecule has 0 aromatic carbocycles. The van der Waals surface area contributed by atoms with E-state index in [9.17, 15) is 0 Å². The Kier molecular flexibility index (Phi) is 2.04. The molecule has 0 aromatic rings. The van der Waals surface area contributed by atoms with Crippen molar-refractivity contribution in [2.24, 2.45) is 16.7 Å². The first-order valence-electron chi connectivity index (χ1n) is 5.54. The van der Waals surface area contributed by atoms with Gasteiger partial charge in [0.15, 0.2) is 5.79 Å². The molecule has 2 unspecified atom stereocenters. The lowest BCUT2D eigenvalue weighted by Crippen LogP contribution is -2.50. The van der Waals surface area contributed by atoms with Crippen LogP contribution in [0.3, 0.4) is 0 Å². The number of methoxy groups -OCH3 is 2. The van der Waals surface area contributed by atoms with Crippen LogP contribution in [-0.4, -0.2) is 20.0 Å². The van der Waals surface area contributed by atoms with Gasteiger partial charge in [0.1, 0.15) is 0 Å². The summed E-state index contributed by atoms with van der Waals surface area (Å²) in [6.45, 7) is 7.06. The maximum Gasteiger partial charge on any atom is 0.173 e. The average molecular weight is 198 g/mol. The lowest BCUT2D eigenvalue weighted by molar-refractivity contribution is -0.275. The summed E-state index contributed by atoms with van der Waals surface area (Å²) in [5.74, 6) is 0.423.